The second-order valence-corrected chi connectivity index (χ2v) is 7.57. The Kier molecular flexibility index (Phi) is 3.84. The summed E-state index contributed by atoms with van der Waals surface area (Å²) in [5.41, 5.74) is 2.10. The molecule has 0 bridgehead atoms. The van der Waals surface area contributed by atoms with Crippen molar-refractivity contribution >= 4 is 27.7 Å². The van der Waals surface area contributed by atoms with Gasteiger partial charge >= 0.3 is 0 Å². The lowest BCUT2D eigenvalue weighted by atomic mass is 9.90. The number of aromatic nitrogens is 1. The maximum atomic E-state index is 13.6. The summed E-state index contributed by atoms with van der Waals surface area (Å²) in [4.78, 5) is 15.5. The Morgan fingerprint density at radius 2 is 1.91 bits per heavy atom. The monoisotopic (exact) mass is 331 g/mol. The van der Waals surface area contributed by atoms with E-state index in [0.29, 0.717) is 30.1 Å². The van der Waals surface area contributed by atoms with Crippen molar-refractivity contribution in [2.24, 2.45) is 17.8 Å². The molecule has 23 heavy (non-hydrogen) atoms. The van der Waals surface area contributed by atoms with E-state index in [1.807, 2.05) is 12.3 Å². The lowest BCUT2D eigenvalue weighted by molar-refractivity contribution is -0.112. The molecule has 2 unspecified atom stereocenters. The van der Waals surface area contributed by atoms with Crippen molar-refractivity contribution < 1.29 is 9.18 Å². The summed E-state index contributed by atoms with van der Waals surface area (Å²) in [5, 5.41) is 0.743. The fourth-order valence-electron chi connectivity index (χ4n) is 4.89. The number of hydrogen-bond donors (Lipinski definition) is 0. The average Bonchev–Trinajstić information content (AvgIpc) is 3.04. The molecule has 2 aliphatic rings. The van der Waals surface area contributed by atoms with Gasteiger partial charge in [0.2, 0.25) is 5.24 Å². The van der Waals surface area contributed by atoms with E-state index in [0.717, 1.165) is 36.6 Å². The van der Waals surface area contributed by atoms with Gasteiger partial charge in [-0.2, -0.15) is 0 Å². The zero-order chi connectivity index (χ0) is 16.0. The van der Waals surface area contributed by atoms with E-state index in [9.17, 15) is 9.18 Å². The molecule has 0 aliphatic heterocycles. The molecule has 2 aromatic rings. The molecule has 1 aromatic carbocycles. The van der Waals surface area contributed by atoms with Gasteiger partial charge in [-0.25, -0.2) is 4.39 Å². The largest absolute Gasteiger partial charge is 0.281 e. The highest BCUT2D eigenvalue weighted by molar-refractivity contribution is 6.63. The zero-order valence-corrected chi connectivity index (χ0v) is 13.6. The molecule has 0 radical (unpaired) electrons. The molecule has 2 nitrogen and oxygen atoms in total. The van der Waals surface area contributed by atoms with Crippen molar-refractivity contribution in [1.82, 2.24) is 4.98 Å². The number of nitrogens with zero attached hydrogens (tertiary/aromatic N) is 1. The van der Waals surface area contributed by atoms with Crippen molar-refractivity contribution in [2.75, 3.05) is 0 Å². The minimum atomic E-state index is -0.206. The Bertz CT molecular complexity index is 748. The Morgan fingerprint density at radius 1 is 1.17 bits per heavy atom. The summed E-state index contributed by atoms with van der Waals surface area (Å²) >= 11 is 5.54. The summed E-state index contributed by atoms with van der Waals surface area (Å²) in [6, 6.07) is 6.89. The van der Waals surface area contributed by atoms with E-state index < -0.39 is 0 Å². The fraction of sp³-hybridized carbons (Fsp3) is 0.474. The predicted molar refractivity (Wildman–Crippen MR) is 88.9 cm³/mol. The number of fused-ring (bicyclic) bond motifs is 2. The second-order valence-electron chi connectivity index (χ2n) is 7.15. The molecular weight excluding hydrogens is 313 g/mol. The number of carbonyl (C=O) groups is 1. The lowest BCUT2D eigenvalue weighted by Gasteiger charge is -2.16. The molecule has 4 heteroatoms. The molecule has 120 valence electrons. The molecule has 2 saturated carbocycles. The van der Waals surface area contributed by atoms with Crippen LogP contribution in [-0.4, -0.2) is 10.2 Å². The molecule has 1 aromatic heterocycles. The normalized spacial score (nSPS) is 29.8. The van der Waals surface area contributed by atoms with Gasteiger partial charge in [-0.1, -0.05) is 0 Å². The maximum Gasteiger partial charge on any atom is 0.221 e. The maximum absolute atomic E-state index is 13.6. The summed E-state index contributed by atoms with van der Waals surface area (Å²) < 4.78 is 13.6. The molecule has 4 rings (SSSR count). The summed E-state index contributed by atoms with van der Waals surface area (Å²) in [7, 11) is 0. The molecule has 2 aliphatic carbocycles. The first kappa shape index (κ1) is 15.1. The first-order chi connectivity index (χ1) is 11.1. The fourth-order valence-corrected chi connectivity index (χ4v) is 5.10. The van der Waals surface area contributed by atoms with E-state index in [1.54, 1.807) is 12.1 Å². The lowest BCUT2D eigenvalue weighted by Crippen LogP contribution is -2.04. The standard InChI is InChI=1S/C19H19ClFNO/c20-19(23)7-11-5-12-8-14(9-13(12)6-11)16-3-4-22-18-2-1-15(21)10-17(16)18/h1-4,10-14H,5-9H2/t11-,12-,13?,14?/m0/s1. The van der Waals surface area contributed by atoms with E-state index >= 15 is 0 Å². The highest BCUT2D eigenvalue weighted by atomic mass is 35.5. The van der Waals surface area contributed by atoms with Crippen LogP contribution >= 0.6 is 11.6 Å². The molecule has 1 heterocycles. The van der Waals surface area contributed by atoms with Crippen molar-refractivity contribution in [3.05, 3.63) is 41.8 Å². The summed E-state index contributed by atoms with van der Waals surface area (Å²) in [5.74, 6) is 2.09. The Labute approximate surface area is 140 Å². The number of benzene rings is 1. The highest BCUT2D eigenvalue weighted by Gasteiger charge is 2.42. The van der Waals surface area contributed by atoms with Crippen LogP contribution in [-0.2, 0) is 4.79 Å². The molecule has 0 amide bonds. The van der Waals surface area contributed by atoms with Gasteiger partial charge in [0.25, 0.3) is 0 Å². The number of rotatable bonds is 3. The molecule has 0 saturated heterocycles. The van der Waals surface area contributed by atoms with Crippen molar-refractivity contribution in [3.63, 3.8) is 0 Å². The third kappa shape index (κ3) is 2.87. The van der Waals surface area contributed by atoms with E-state index in [4.69, 9.17) is 11.6 Å². The molecule has 0 spiro atoms. The topological polar surface area (TPSA) is 30.0 Å². The molecule has 2 fully saturated rings. The zero-order valence-electron chi connectivity index (χ0n) is 12.8. The van der Waals surface area contributed by atoms with Gasteiger partial charge in [0.1, 0.15) is 5.82 Å². The summed E-state index contributed by atoms with van der Waals surface area (Å²) in [6.45, 7) is 0. The van der Waals surface area contributed by atoms with Crippen LogP contribution in [0.5, 0.6) is 0 Å². The van der Waals surface area contributed by atoms with Gasteiger partial charge in [-0.15, -0.1) is 0 Å². The Balaban J connectivity index is 1.56. The number of carbonyl (C=O) groups excluding carboxylic acids is 1. The second kappa shape index (κ2) is 5.86. The van der Waals surface area contributed by atoms with Crippen molar-refractivity contribution in [3.8, 4) is 0 Å². The Morgan fingerprint density at radius 3 is 2.61 bits per heavy atom. The van der Waals surface area contributed by atoms with Crippen LogP contribution in [0.4, 0.5) is 4.39 Å². The van der Waals surface area contributed by atoms with Crippen LogP contribution in [0.2, 0.25) is 0 Å². The van der Waals surface area contributed by atoms with Crippen LogP contribution in [0.1, 0.15) is 43.6 Å². The van der Waals surface area contributed by atoms with E-state index in [1.165, 1.54) is 11.6 Å². The quantitative estimate of drug-likeness (QED) is 0.737. The minimum Gasteiger partial charge on any atom is -0.281 e. The predicted octanol–water partition coefficient (Wildman–Crippen LogP) is 5.05. The number of hydrogen-bond acceptors (Lipinski definition) is 2. The van der Waals surface area contributed by atoms with Gasteiger partial charge < -0.3 is 0 Å². The van der Waals surface area contributed by atoms with Gasteiger partial charge in [-0.05, 0) is 90.8 Å². The first-order valence-electron chi connectivity index (χ1n) is 8.32. The van der Waals surface area contributed by atoms with Crippen molar-refractivity contribution in [1.29, 1.82) is 0 Å². The van der Waals surface area contributed by atoms with E-state index in [-0.39, 0.29) is 11.1 Å². The average molecular weight is 332 g/mol. The van der Waals surface area contributed by atoms with E-state index in [2.05, 4.69) is 4.98 Å². The third-order valence-corrected chi connectivity index (χ3v) is 5.89. The van der Waals surface area contributed by atoms with Crippen LogP contribution in [0.25, 0.3) is 10.9 Å². The first-order valence-corrected chi connectivity index (χ1v) is 8.70. The van der Waals surface area contributed by atoms with Gasteiger partial charge in [0.05, 0.1) is 5.52 Å². The van der Waals surface area contributed by atoms with Gasteiger partial charge in [0.15, 0.2) is 0 Å². The third-order valence-electron chi connectivity index (χ3n) is 5.74. The molecule has 4 atom stereocenters. The SMILES string of the molecule is O=C(Cl)C[C@@H]1CC2CC(c3ccnc4ccc(F)cc34)C[C@@H]2C1. The number of halogens is 2. The molecule has 0 N–H and O–H groups in total. The van der Waals surface area contributed by atoms with Crippen LogP contribution in [0, 0.1) is 23.6 Å². The molecular formula is C19H19ClFNO. The Hall–Kier alpha value is -1.48. The summed E-state index contributed by atoms with van der Waals surface area (Å²) in [6.07, 6.45) is 6.83. The highest BCUT2D eigenvalue weighted by Crippen LogP contribution is 2.53. The van der Waals surface area contributed by atoms with Crippen LogP contribution in [0.15, 0.2) is 30.5 Å². The van der Waals surface area contributed by atoms with Gasteiger partial charge in [-0.3, -0.25) is 9.78 Å². The minimum absolute atomic E-state index is 0.203. The van der Waals surface area contributed by atoms with Gasteiger partial charge in [0, 0.05) is 18.0 Å². The van der Waals surface area contributed by atoms with Crippen LogP contribution < -0.4 is 0 Å². The smallest absolute Gasteiger partial charge is 0.221 e. The van der Waals surface area contributed by atoms with Crippen LogP contribution in [0.3, 0.4) is 0 Å². The van der Waals surface area contributed by atoms with Crippen molar-refractivity contribution in [2.45, 2.75) is 38.0 Å². The number of pyridine rings is 1.